The van der Waals surface area contributed by atoms with Crippen LogP contribution < -0.4 is 5.32 Å². The zero-order valence-corrected chi connectivity index (χ0v) is 14.5. The number of aromatic nitrogens is 2. The Balaban J connectivity index is 1.62. The summed E-state index contributed by atoms with van der Waals surface area (Å²) in [7, 11) is 0. The monoisotopic (exact) mass is 340 g/mol. The molecule has 1 aromatic heterocycles. The Bertz CT molecular complexity index is 687. The third kappa shape index (κ3) is 5.08. The maximum Gasteiger partial charge on any atom is 0.256 e. The number of amides is 1. The number of nitrogens with one attached hydrogen (secondary N) is 1. The fourth-order valence-corrected chi connectivity index (χ4v) is 3.00. The first-order valence-electron chi connectivity index (χ1n) is 8.75. The van der Waals surface area contributed by atoms with Crippen LogP contribution in [0.1, 0.15) is 35.7 Å². The van der Waals surface area contributed by atoms with E-state index in [0.29, 0.717) is 17.5 Å². The molecule has 3 rings (SSSR count). The summed E-state index contributed by atoms with van der Waals surface area (Å²) in [5, 5.41) is 2.77. The summed E-state index contributed by atoms with van der Waals surface area (Å²) in [4.78, 5) is 22.8. The van der Waals surface area contributed by atoms with Crippen molar-refractivity contribution < 1.29 is 9.53 Å². The molecule has 1 saturated heterocycles. The molecule has 1 aliphatic rings. The highest BCUT2D eigenvalue weighted by atomic mass is 16.5. The number of ether oxygens (including phenoxy) is 1. The van der Waals surface area contributed by atoms with Crippen molar-refractivity contribution in [2.24, 2.45) is 0 Å². The van der Waals surface area contributed by atoms with Crippen LogP contribution in [0.2, 0.25) is 0 Å². The van der Waals surface area contributed by atoms with Crippen LogP contribution in [-0.2, 0) is 11.3 Å². The van der Waals surface area contributed by atoms with Crippen molar-refractivity contribution in [3.05, 3.63) is 54.0 Å². The number of benzene rings is 1. The van der Waals surface area contributed by atoms with Crippen LogP contribution in [0.4, 0.5) is 5.82 Å². The van der Waals surface area contributed by atoms with E-state index >= 15 is 0 Å². The third-order valence-corrected chi connectivity index (χ3v) is 4.33. The molecule has 1 atom stereocenters. The average Bonchev–Trinajstić information content (AvgIpc) is 3.15. The fraction of sp³-hybridized carbons (Fsp3) is 0.421. The summed E-state index contributed by atoms with van der Waals surface area (Å²) in [6.45, 7) is 5.73. The number of anilines is 1. The van der Waals surface area contributed by atoms with Crippen LogP contribution in [0.5, 0.6) is 0 Å². The lowest BCUT2D eigenvalue weighted by Gasteiger charge is -2.23. The van der Waals surface area contributed by atoms with Crippen LogP contribution in [0.3, 0.4) is 0 Å². The van der Waals surface area contributed by atoms with Crippen LogP contribution in [0.15, 0.2) is 42.9 Å². The van der Waals surface area contributed by atoms with Crippen LogP contribution >= 0.6 is 0 Å². The van der Waals surface area contributed by atoms with Gasteiger partial charge in [0.15, 0.2) is 5.82 Å². The largest absolute Gasteiger partial charge is 0.377 e. The number of hydrogen-bond acceptors (Lipinski definition) is 5. The van der Waals surface area contributed by atoms with Crippen LogP contribution in [0, 0.1) is 0 Å². The van der Waals surface area contributed by atoms with E-state index in [4.69, 9.17) is 4.74 Å². The van der Waals surface area contributed by atoms with Crippen molar-refractivity contribution in [1.29, 1.82) is 0 Å². The van der Waals surface area contributed by atoms with Gasteiger partial charge in [-0.2, -0.15) is 0 Å². The van der Waals surface area contributed by atoms with Crippen molar-refractivity contribution in [2.75, 3.05) is 25.0 Å². The molecule has 1 aliphatic heterocycles. The summed E-state index contributed by atoms with van der Waals surface area (Å²) >= 11 is 0. The molecule has 0 spiro atoms. The van der Waals surface area contributed by atoms with Crippen molar-refractivity contribution in [2.45, 2.75) is 32.4 Å². The zero-order chi connectivity index (χ0) is 17.5. The number of likely N-dealkylation sites (N-methyl/N-ethyl adjacent to an activating group) is 1. The molecule has 1 fully saturated rings. The van der Waals surface area contributed by atoms with E-state index in [1.807, 2.05) is 18.2 Å². The maximum atomic E-state index is 12.4. The Labute approximate surface area is 148 Å². The first kappa shape index (κ1) is 17.5. The first-order valence-corrected chi connectivity index (χ1v) is 8.75. The highest BCUT2D eigenvalue weighted by Crippen LogP contribution is 2.16. The molecule has 132 valence electrons. The van der Waals surface area contributed by atoms with Crippen molar-refractivity contribution in [1.82, 2.24) is 14.9 Å². The molecule has 1 amide bonds. The second-order valence-electron chi connectivity index (χ2n) is 6.21. The van der Waals surface area contributed by atoms with Gasteiger partial charge >= 0.3 is 0 Å². The van der Waals surface area contributed by atoms with Crippen molar-refractivity contribution in [3.63, 3.8) is 0 Å². The molecule has 0 unspecified atom stereocenters. The van der Waals surface area contributed by atoms with Gasteiger partial charge in [0.05, 0.1) is 12.3 Å². The van der Waals surface area contributed by atoms with Gasteiger partial charge in [0.25, 0.3) is 5.91 Å². The van der Waals surface area contributed by atoms with Gasteiger partial charge in [-0.1, -0.05) is 19.1 Å². The Morgan fingerprint density at radius 1 is 1.40 bits per heavy atom. The van der Waals surface area contributed by atoms with Gasteiger partial charge in [0, 0.05) is 37.7 Å². The summed E-state index contributed by atoms with van der Waals surface area (Å²) in [5.74, 6) is 0.274. The minimum Gasteiger partial charge on any atom is -0.377 e. The van der Waals surface area contributed by atoms with E-state index in [9.17, 15) is 4.79 Å². The summed E-state index contributed by atoms with van der Waals surface area (Å²) in [6.07, 6.45) is 7.28. The van der Waals surface area contributed by atoms with E-state index in [1.54, 1.807) is 12.4 Å². The Morgan fingerprint density at radius 3 is 3.04 bits per heavy atom. The Hall–Kier alpha value is -2.31. The lowest BCUT2D eigenvalue weighted by Crippen LogP contribution is -2.31. The van der Waals surface area contributed by atoms with E-state index in [2.05, 4.69) is 33.2 Å². The van der Waals surface area contributed by atoms with Gasteiger partial charge in [-0.05, 0) is 37.1 Å². The number of hydrogen-bond donors (Lipinski definition) is 1. The minimum atomic E-state index is -0.176. The molecular weight excluding hydrogens is 316 g/mol. The SMILES string of the molecule is CCN(Cc1cccc(C(=O)Nc2cnccn2)c1)C[C@H]1CCCO1. The number of rotatable bonds is 7. The fourth-order valence-electron chi connectivity index (χ4n) is 3.00. The second kappa shape index (κ2) is 8.69. The summed E-state index contributed by atoms with van der Waals surface area (Å²) in [5.41, 5.74) is 1.74. The predicted octanol–water partition coefficient (Wildman–Crippen LogP) is 2.73. The molecule has 1 aromatic carbocycles. The van der Waals surface area contributed by atoms with Crippen LogP contribution in [-0.4, -0.2) is 46.6 Å². The maximum absolute atomic E-state index is 12.4. The number of carbonyl (C=O) groups is 1. The molecular formula is C19H24N4O2. The Morgan fingerprint density at radius 2 is 2.32 bits per heavy atom. The molecule has 25 heavy (non-hydrogen) atoms. The molecule has 6 nitrogen and oxygen atoms in total. The van der Waals surface area contributed by atoms with E-state index in [0.717, 1.165) is 44.6 Å². The van der Waals surface area contributed by atoms with Gasteiger partial charge in [-0.3, -0.25) is 14.7 Å². The number of nitrogens with zero attached hydrogens (tertiary/aromatic N) is 3. The van der Waals surface area contributed by atoms with Crippen LogP contribution in [0.25, 0.3) is 0 Å². The lowest BCUT2D eigenvalue weighted by atomic mass is 10.1. The highest BCUT2D eigenvalue weighted by molar-refractivity contribution is 6.03. The standard InChI is InChI=1S/C19H24N4O2/c1-2-23(14-17-7-4-10-25-17)13-15-5-3-6-16(11-15)19(24)22-18-12-20-8-9-21-18/h3,5-6,8-9,11-12,17H,2,4,7,10,13-14H2,1H3,(H,21,22,24)/t17-/m1/s1. The summed E-state index contributed by atoms with van der Waals surface area (Å²) in [6, 6.07) is 7.72. The van der Waals surface area contributed by atoms with Gasteiger partial charge < -0.3 is 10.1 Å². The molecule has 6 heteroatoms. The second-order valence-corrected chi connectivity index (χ2v) is 6.21. The van der Waals surface area contributed by atoms with E-state index < -0.39 is 0 Å². The highest BCUT2D eigenvalue weighted by Gasteiger charge is 2.18. The summed E-state index contributed by atoms with van der Waals surface area (Å²) < 4.78 is 5.73. The minimum absolute atomic E-state index is 0.176. The van der Waals surface area contributed by atoms with Gasteiger partial charge in [0.1, 0.15) is 0 Å². The molecule has 0 aliphatic carbocycles. The normalized spacial score (nSPS) is 17.0. The topological polar surface area (TPSA) is 67.4 Å². The molecule has 0 bridgehead atoms. The van der Waals surface area contributed by atoms with Crippen molar-refractivity contribution >= 4 is 11.7 Å². The van der Waals surface area contributed by atoms with Gasteiger partial charge in [-0.25, -0.2) is 4.98 Å². The average molecular weight is 340 g/mol. The quantitative estimate of drug-likeness (QED) is 0.839. The van der Waals surface area contributed by atoms with Crippen molar-refractivity contribution in [3.8, 4) is 0 Å². The van der Waals surface area contributed by atoms with Gasteiger partial charge in [-0.15, -0.1) is 0 Å². The Kier molecular flexibility index (Phi) is 6.09. The number of carbonyl (C=O) groups excluding carboxylic acids is 1. The molecule has 2 aromatic rings. The predicted molar refractivity (Wildman–Crippen MR) is 96.4 cm³/mol. The van der Waals surface area contributed by atoms with E-state index in [-0.39, 0.29) is 5.91 Å². The van der Waals surface area contributed by atoms with E-state index in [1.165, 1.54) is 6.20 Å². The third-order valence-electron chi connectivity index (χ3n) is 4.33. The smallest absolute Gasteiger partial charge is 0.256 e. The zero-order valence-electron chi connectivity index (χ0n) is 14.5. The van der Waals surface area contributed by atoms with Gasteiger partial charge in [0.2, 0.25) is 0 Å². The molecule has 0 radical (unpaired) electrons. The first-order chi connectivity index (χ1) is 12.2. The molecule has 1 N–H and O–H groups in total. The molecule has 0 saturated carbocycles. The lowest BCUT2D eigenvalue weighted by molar-refractivity contribution is 0.0724. The molecule has 2 heterocycles.